The first-order chi connectivity index (χ1) is 8.27. The Hall–Kier alpha value is -0.830. The lowest BCUT2D eigenvalue weighted by Gasteiger charge is -2.28. The van der Waals surface area contributed by atoms with Gasteiger partial charge in [-0.15, -0.1) is 0 Å². The summed E-state index contributed by atoms with van der Waals surface area (Å²) >= 11 is 0. The van der Waals surface area contributed by atoms with Gasteiger partial charge >= 0.3 is 0 Å². The molecule has 0 aromatic rings. The molecule has 0 saturated carbocycles. The second kappa shape index (κ2) is 6.20. The average Bonchev–Trinajstić information content (AvgIpc) is 2.40. The molecule has 1 saturated heterocycles. The minimum atomic E-state index is 0.197. The molecule has 0 aliphatic carbocycles. The van der Waals surface area contributed by atoms with Gasteiger partial charge in [-0.3, -0.25) is 4.79 Å². The van der Waals surface area contributed by atoms with E-state index in [-0.39, 0.29) is 5.78 Å². The highest BCUT2D eigenvalue weighted by Gasteiger charge is 2.24. The third-order valence-corrected chi connectivity index (χ3v) is 3.86. The van der Waals surface area contributed by atoms with Gasteiger partial charge in [0.15, 0.2) is 11.5 Å². The molecule has 17 heavy (non-hydrogen) atoms. The number of ether oxygens (including phenoxy) is 1. The zero-order valence-corrected chi connectivity index (χ0v) is 10.7. The van der Waals surface area contributed by atoms with Crippen LogP contribution in [-0.4, -0.2) is 25.5 Å². The van der Waals surface area contributed by atoms with Crippen molar-refractivity contribution in [3.63, 3.8) is 0 Å². The Morgan fingerprint density at radius 1 is 1.59 bits per heavy atom. The van der Waals surface area contributed by atoms with Crippen LogP contribution in [0.5, 0.6) is 0 Å². The van der Waals surface area contributed by atoms with Gasteiger partial charge in [0.05, 0.1) is 6.61 Å². The lowest BCUT2D eigenvalue weighted by Crippen LogP contribution is -2.34. The Balaban J connectivity index is 1.82. The van der Waals surface area contributed by atoms with Crippen LogP contribution >= 0.6 is 0 Å². The van der Waals surface area contributed by atoms with Crippen molar-refractivity contribution >= 4 is 5.78 Å². The molecule has 0 radical (unpaired) electrons. The molecule has 3 nitrogen and oxygen atoms in total. The van der Waals surface area contributed by atoms with Gasteiger partial charge in [-0.05, 0) is 56.7 Å². The molecule has 2 heterocycles. The molecule has 2 aliphatic heterocycles. The first kappa shape index (κ1) is 12.6. The Bertz CT molecular complexity index is 293. The van der Waals surface area contributed by atoms with Gasteiger partial charge in [0.2, 0.25) is 0 Å². The predicted octanol–water partition coefficient (Wildman–Crippen LogP) is 2.28. The number of nitrogens with one attached hydrogen (secondary N) is 1. The van der Waals surface area contributed by atoms with Crippen molar-refractivity contribution < 1.29 is 9.53 Å². The van der Waals surface area contributed by atoms with E-state index in [9.17, 15) is 4.79 Å². The molecule has 96 valence electrons. The fourth-order valence-electron chi connectivity index (χ4n) is 2.68. The first-order valence-corrected chi connectivity index (χ1v) is 6.84. The number of allylic oxidation sites excluding steroid dienone is 2. The lowest BCUT2D eigenvalue weighted by atomic mass is 9.84. The third-order valence-electron chi connectivity index (χ3n) is 3.86. The summed E-state index contributed by atoms with van der Waals surface area (Å²) in [6, 6.07) is 0. The summed E-state index contributed by atoms with van der Waals surface area (Å²) < 4.78 is 5.42. The number of hydrogen-bond acceptors (Lipinski definition) is 3. The number of Topliss-reactive ketones (excluding diaryl/α,β-unsaturated/α-hetero) is 1. The number of carbonyl (C=O) groups is 1. The maximum absolute atomic E-state index is 12.0. The van der Waals surface area contributed by atoms with E-state index in [1.807, 2.05) is 6.08 Å². The monoisotopic (exact) mass is 237 g/mol. The van der Waals surface area contributed by atoms with E-state index < -0.39 is 0 Å². The number of piperidine rings is 1. The summed E-state index contributed by atoms with van der Waals surface area (Å²) in [6.45, 7) is 5.09. The van der Waals surface area contributed by atoms with E-state index in [4.69, 9.17) is 4.74 Å². The summed E-state index contributed by atoms with van der Waals surface area (Å²) in [5, 5.41) is 3.41. The molecule has 1 N–H and O–H groups in total. The van der Waals surface area contributed by atoms with Crippen molar-refractivity contribution in [3.05, 3.63) is 11.8 Å². The van der Waals surface area contributed by atoms with Gasteiger partial charge in [-0.2, -0.15) is 0 Å². The van der Waals surface area contributed by atoms with Crippen LogP contribution < -0.4 is 5.32 Å². The molecular formula is C14H23NO2. The fraction of sp³-hybridized carbons (Fsp3) is 0.786. The maximum atomic E-state index is 12.0. The fourth-order valence-corrected chi connectivity index (χ4v) is 2.68. The van der Waals surface area contributed by atoms with Gasteiger partial charge in [0.25, 0.3) is 0 Å². The SMILES string of the molecule is CC(CC(=O)C1=CCCCO1)C1CCCNC1. The second-order valence-electron chi connectivity index (χ2n) is 5.27. The number of carbonyl (C=O) groups excluding carboxylic acids is 1. The lowest BCUT2D eigenvalue weighted by molar-refractivity contribution is -0.120. The first-order valence-electron chi connectivity index (χ1n) is 6.84. The summed E-state index contributed by atoms with van der Waals surface area (Å²) in [4.78, 5) is 12.0. The highest BCUT2D eigenvalue weighted by molar-refractivity contribution is 5.93. The van der Waals surface area contributed by atoms with Crippen molar-refractivity contribution in [2.24, 2.45) is 11.8 Å². The number of rotatable bonds is 4. The van der Waals surface area contributed by atoms with Crippen molar-refractivity contribution in [1.29, 1.82) is 0 Å². The molecule has 2 rings (SSSR count). The van der Waals surface area contributed by atoms with Crippen LogP contribution in [0.25, 0.3) is 0 Å². The third kappa shape index (κ3) is 3.56. The summed E-state index contributed by atoms with van der Waals surface area (Å²) in [7, 11) is 0. The summed E-state index contributed by atoms with van der Waals surface area (Å²) in [5.74, 6) is 1.92. The van der Waals surface area contributed by atoms with Gasteiger partial charge in [0.1, 0.15) is 0 Å². The molecule has 2 atom stereocenters. The molecule has 0 aromatic heterocycles. The van der Waals surface area contributed by atoms with Gasteiger partial charge in [-0.25, -0.2) is 0 Å². The van der Waals surface area contributed by atoms with Gasteiger partial charge in [-0.1, -0.05) is 6.92 Å². The van der Waals surface area contributed by atoms with Gasteiger partial charge < -0.3 is 10.1 Å². The van der Waals surface area contributed by atoms with E-state index in [0.717, 1.165) is 25.9 Å². The summed E-state index contributed by atoms with van der Waals surface area (Å²) in [5.41, 5.74) is 0. The van der Waals surface area contributed by atoms with Crippen LogP contribution in [0.1, 0.15) is 39.0 Å². The molecule has 3 heteroatoms. The second-order valence-corrected chi connectivity index (χ2v) is 5.27. The van der Waals surface area contributed by atoms with Crippen molar-refractivity contribution in [3.8, 4) is 0 Å². The minimum absolute atomic E-state index is 0.197. The van der Waals surface area contributed by atoms with Crippen molar-refractivity contribution in [2.45, 2.75) is 39.0 Å². The molecule has 1 fully saturated rings. The molecule has 0 spiro atoms. The zero-order chi connectivity index (χ0) is 12.1. The molecule has 0 amide bonds. The molecular weight excluding hydrogens is 214 g/mol. The minimum Gasteiger partial charge on any atom is -0.490 e. The molecule has 0 bridgehead atoms. The van der Waals surface area contributed by atoms with Crippen LogP contribution in [0.2, 0.25) is 0 Å². The van der Waals surface area contributed by atoms with Crippen LogP contribution in [0.4, 0.5) is 0 Å². The topological polar surface area (TPSA) is 38.3 Å². The summed E-state index contributed by atoms with van der Waals surface area (Å²) in [6.07, 6.45) is 7.11. The van der Waals surface area contributed by atoms with Gasteiger partial charge in [0, 0.05) is 6.42 Å². The zero-order valence-electron chi connectivity index (χ0n) is 10.7. The average molecular weight is 237 g/mol. The van der Waals surface area contributed by atoms with Crippen LogP contribution in [-0.2, 0) is 9.53 Å². The van der Waals surface area contributed by atoms with E-state index in [1.165, 1.54) is 12.8 Å². The Morgan fingerprint density at radius 2 is 2.47 bits per heavy atom. The normalized spacial score (nSPS) is 26.9. The van der Waals surface area contributed by atoms with E-state index in [1.54, 1.807) is 0 Å². The predicted molar refractivity (Wildman–Crippen MR) is 67.7 cm³/mol. The molecule has 0 aromatic carbocycles. The Kier molecular flexibility index (Phi) is 4.60. The standard InChI is InChI=1S/C14H23NO2/c1-11(12-5-4-7-15-10-12)9-13(16)14-6-2-3-8-17-14/h6,11-12,15H,2-5,7-10H2,1H3. The Labute approximate surface area is 104 Å². The number of ketones is 1. The molecule has 2 aliphatic rings. The van der Waals surface area contributed by atoms with Crippen molar-refractivity contribution in [2.75, 3.05) is 19.7 Å². The van der Waals surface area contributed by atoms with E-state index >= 15 is 0 Å². The van der Waals surface area contributed by atoms with Crippen LogP contribution in [0.15, 0.2) is 11.8 Å². The Morgan fingerprint density at radius 3 is 3.12 bits per heavy atom. The van der Waals surface area contributed by atoms with E-state index in [0.29, 0.717) is 30.6 Å². The number of hydrogen-bond donors (Lipinski definition) is 1. The highest BCUT2D eigenvalue weighted by Crippen LogP contribution is 2.24. The highest BCUT2D eigenvalue weighted by atomic mass is 16.5. The maximum Gasteiger partial charge on any atom is 0.197 e. The smallest absolute Gasteiger partial charge is 0.197 e. The quantitative estimate of drug-likeness (QED) is 0.815. The van der Waals surface area contributed by atoms with E-state index in [2.05, 4.69) is 12.2 Å². The van der Waals surface area contributed by atoms with Crippen LogP contribution in [0, 0.1) is 11.8 Å². The molecule has 2 unspecified atom stereocenters. The van der Waals surface area contributed by atoms with Crippen molar-refractivity contribution in [1.82, 2.24) is 5.32 Å². The largest absolute Gasteiger partial charge is 0.490 e. The van der Waals surface area contributed by atoms with Crippen LogP contribution in [0.3, 0.4) is 0 Å².